The molecular formula is C25H21Cl2N5O3. The van der Waals surface area contributed by atoms with E-state index in [1.165, 1.54) is 7.11 Å². The molecule has 35 heavy (non-hydrogen) atoms. The third-order valence-corrected chi connectivity index (χ3v) is 5.99. The molecule has 178 valence electrons. The van der Waals surface area contributed by atoms with E-state index in [0.29, 0.717) is 34.0 Å². The number of aromatic amines is 1. The number of hydrogen-bond acceptors (Lipinski definition) is 5. The summed E-state index contributed by atoms with van der Waals surface area (Å²) in [4.78, 5) is 33.6. The number of methoxy groups -OCH3 is 1. The Morgan fingerprint density at radius 2 is 1.71 bits per heavy atom. The maximum atomic E-state index is 13.6. The topological polar surface area (TPSA) is 108 Å². The summed E-state index contributed by atoms with van der Waals surface area (Å²) < 4.78 is 8.06. The number of aromatic nitrogens is 4. The Bertz CT molecular complexity index is 1670. The van der Waals surface area contributed by atoms with E-state index in [2.05, 4.69) is 9.97 Å². The summed E-state index contributed by atoms with van der Waals surface area (Å²) in [5.41, 5.74) is 8.68. The Kier molecular flexibility index (Phi) is 6.43. The van der Waals surface area contributed by atoms with Gasteiger partial charge in [0.15, 0.2) is 0 Å². The zero-order valence-corrected chi connectivity index (χ0v) is 20.4. The van der Waals surface area contributed by atoms with Crippen LogP contribution in [0.2, 0.25) is 5.15 Å². The standard InChI is InChI=1S/C25H20ClN5O3.ClH/c1-14-19(6-4-7-20(14)34-2)31-24(32)23-18(29-25(31)33)13-21(26)30(23)16-11-9-15(10-12-16)17-5-3-8-22(27)28-17;/h3-13H,1-2H3,(H2,27,28)(H,29,33);1H. The molecule has 3 N–H and O–H groups in total. The summed E-state index contributed by atoms with van der Waals surface area (Å²) in [6, 6.07) is 19.6. The zero-order chi connectivity index (χ0) is 24.0. The fourth-order valence-corrected chi connectivity index (χ4v) is 4.38. The lowest BCUT2D eigenvalue weighted by atomic mass is 10.1. The van der Waals surface area contributed by atoms with Crippen LogP contribution < -0.4 is 21.7 Å². The lowest BCUT2D eigenvalue weighted by Gasteiger charge is -2.13. The highest BCUT2D eigenvalue weighted by Gasteiger charge is 2.19. The molecule has 0 amide bonds. The lowest BCUT2D eigenvalue weighted by Crippen LogP contribution is -2.34. The van der Waals surface area contributed by atoms with Gasteiger partial charge in [0.25, 0.3) is 5.56 Å². The average Bonchev–Trinajstić information content (AvgIpc) is 3.16. The first kappa shape index (κ1) is 24.1. The highest BCUT2D eigenvalue weighted by atomic mass is 35.5. The molecule has 0 bridgehead atoms. The lowest BCUT2D eigenvalue weighted by molar-refractivity contribution is 0.411. The van der Waals surface area contributed by atoms with E-state index in [1.54, 1.807) is 41.8 Å². The molecule has 0 radical (unpaired) electrons. The number of benzene rings is 2. The van der Waals surface area contributed by atoms with Gasteiger partial charge in [0.2, 0.25) is 0 Å². The predicted octanol–water partition coefficient (Wildman–Crippen LogP) is 4.51. The second kappa shape index (κ2) is 9.32. The van der Waals surface area contributed by atoms with Gasteiger partial charge in [-0.1, -0.05) is 35.9 Å². The van der Waals surface area contributed by atoms with Crippen LogP contribution in [0.4, 0.5) is 5.82 Å². The normalized spacial score (nSPS) is 10.8. The molecule has 0 spiro atoms. The number of hydrogen-bond donors (Lipinski definition) is 2. The molecule has 0 atom stereocenters. The van der Waals surface area contributed by atoms with Crippen molar-refractivity contribution in [2.45, 2.75) is 6.92 Å². The van der Waals surface area contributed by atoms with E-state index >= 15 is 0 Å². The molecule has 0 aliphatic rings. The number of rotatable bonds is 4. The minimum absolute atomic E-state index is 0. The number of nitrogen functional groups attached to an aromatic ring is 1. The van der Waals surface area contributed by atoms with Gasteiger partial charge in [0, 0.05) is 16.8 Å². The Balaban J connectivity index is 0.00000289. The van der Waals surface area contributed by atoms with Crippen molar-refractivity contribution >= 4 is 40.9 Å². The fourth-order valence-electron chi connectivity index (χ4n) is 4.09. The van der Waals surface area contributed by atoms with E-state index < -0.39 is 11.2 Å². The first-order valence-electron chi connectivity index (χ1n) is 10.4. The number of nitrogens with two attached hydrogens (primary N) is 1. The van der Waals surface area contributed by atoms with Crippen LogP contribution in [-0.2, 0) is 0 Å². The van der Waals surface area contributed by atoms with Crippen LogP contribution in [0.3, 0.4) is 0 Å². The van der Waals surface area contributed by atoms with Crippen LogP contribution in [0.1, 0.15) is 5.56 Å². The van der Waals surface area contributed by atoms with Gasteiger partial charge in [-0.25, -0.2) is 14.3 Å². The van der Waals surface area contributed by atoms with Crippen molar-refractivity contribution in [3.05, 3.63) is 98.3 Å². The number of nitrogens with one attached hydrogen (secondary N) is 1. The highest BCUT2D eigenvalue weighted by Crippen LogP contribution is 2.27. The van der Waals surface area contributed by atoms with Crippen LogP contribution >= 0.6 is 24.0 Å². The van der Waals surface area contributed by atoms with E-state index in [1.807, 2.05) is 36.4 Å². The van der Waals surface area contributed by atoms with Crippen LogP contribution in [-0.4, -0.2) is 26.2 Å². The van der Waals surface area contributed by atoms with E-state index in [0.717, 1.165) is 15.8 Å². The molecule has 0 unspecified atom stereocenters. The number of nitrogens with zero attached hydrogens (tertiary/aromatic N) is 3. The molecule has 0 saturated carbocycles. The molecule has 8 nitrogen and oxygen atoms in total. The van der Waals surface area contributed by atoms with Crippen molar-refractivity contribution in [2.75, 3.05) is 12.8 Å². The average molecular weight is 510 g/mol. The van der Waals surface area contributed by atoms with Crippen molar-refractivity contribution in [3.63, 3.8) is 0 Å². The fraction of sp³-hybridized carbons (Fsp3) is 0.0800. The van der Waals surface area contributed by atoms with Crippen molar-refractivity contribution in [2.24, 2.45) is 0 Å². The number of pyridine rings is 1. The number of ether oxygens (including phenoxy) is 1. The summed E-state index contributed by atoms with van der Waals surface area (Å²) in [6.45, 7) is 1.79. The highest BCUT2D eigenvalue weighted by molar-refractivity contribution is 6.31. The third kappa shape index (κ3) is 4.07. The third-order valence-electron chi connectivity index (χ3n) is 5.71. The van der Waals surface area contributed by atoms with Crippen molar-refractivity contribution < 1.29 is 4.74 Å². The number of halogens is 2. The quantitative estimate of drug-likeness (QED) is 0.370. The van der Waals surface area contributed by atoms with Crippen LogP contribution in [0.5, 0.6) is 5.75 Å². The summed E-state index contributed by atoms with van der Waals surface area (Å²) in [7, 11) is 1.54. The van der Waals surface area contributed by atoms with E-state index in [4.69, 9.17) is 22.1 Å². The van der Waals surface area contributed by atoms with E-state index in [9.17, 15) is 9.59 Å². The smallest absolute Gasteiger partial charge is 0.333 e. The number of fused-ring (bicyclic) bond motifs is 1. The minimum atomic E-state index is -0.564. The Morgan fingerprint density at radius 1 is 1.00 bits per heavy atom. The van der Waals surface area contributed by atoms with Gasteiger partial charge < -0.3 is 15.5 Å². The first-order chi connectivity index (χ1) is 16.4. The molecule has 0 fully saturated rings. The molecule has 5 rings (SSSR count). The summed E-state index contributed by atoms with van der Waals surface area (Å²) in [5.74, 6) is 1.00. The Morgan fingerprint density at radius 3 is 2.40 bits per heavy atom. The second-order valence-corrected chi connectivity index (χ2v) is 8.12. The van der Waals surface area contributed by atoms with Gasteiger partial charge in [0.05, 0.1) is 24.0 Å². The zero-order valence-electron chi connectivity index (χ0n) is 18.8. The summed E-state index contributed by atoms with van der Waals surface area (Å²) >= 11 is 6.53. The monoisotopic (exact) mass is 509 g/mol. The van der Waals surface area contributed by atoms with Gasteiger partial charge in [0.1, 0.15) is 22.2 Å². The van der Waals surface area contributed by atoms with Crippen molar-refractivity contribution in [3.8, 4) is 28.4 Å². The molecular weight excluding hydrogens is 489 g/mol. The summed E-state index contributed by atoms with van der Waals surface area (Å²) in [6.07, 6.45) is 0. The van der Waals surface area contributed by atoms with E-state index in [-0.39, 0.29) is 23.1 Å². The number of anilines is 1. The molecule has 0 aliphatic heterocycles. The molecule has 3 heterocycles. The van der Waals surface area contributed by atoms with Crippen LogP contribution in [0, 0.1) is 6.92 Å². The first-order valence-corrected chi connectivity index (χ1v) is 10.8. The maximum Gasteiger partial charge on any atom is 0.333 e. The van der Waals surface area contributed by atoms with Crippen LogP contribution in [0.15, 0.2) is 76.3 Å². The van der Waals surface area contributed by atoms with Crippen LogP contribution in [0.25, 0.3) is 33.7 Å². The van der Waals surface area contributed by atoms with Gasteiger partial charge in [-0.2, -0.15) is 0 Å². The largest absolute Gasteiger partial charge is 0.496 e. The molecule has 3 aromatic heterocycles. The minimum Gasteiger partial charge on any atom is -0.496 e. The second-order valence-electron chi connectivity index (χ2n) is 7.73. The molecule has 10 heteroatoms. The SMILES string of the molecule is COc1cccc(-n2c(=O)[nH]c3cc(Cl)n(-c4ccc(-c5cccc(N)n5)cc4)c3c2=O)c1C.Cl. The van der Waals surface area contributed by atoms with Crippen molar-refractivity contribution in [1.29, 1.82) is 0 Å². The molecule has 2 aromatic carbocycles. The van der Waals surface area contributed by atoms with Gasteiger partial charge >= 0.3 is 5.69 Å². The van der Waals surface area contributed by atoms with Crippen molar-refractivity contribution in [1.82, 2.24) is 19.1 Å². The maximum absolute atomic E-state index is 13.6. The Labute approximate surface area is 211 Å². The van der Waals surface area contributed by atoms with Gasteiger partial charge in [-0.15, -0.1) is 12.4 Å². The summed E-state index contributed by atoms with van der Waals surface area (Å²) in [5, 5.41) is 0.290. The Hall–Kier alpha value is -4.01. The number of H-pyrrole nitrogens is 1. The molecule has 0 saturated heterocycles. The van der Waals surface area contributed by atoms with Gasteiger partial charge in [-0.05, 0) is 49.4 Å². The predicted molar refractivity (Wildman–Crippen MR) is 141 cm³/mol. The molecule has 0 aliphatic carbocycles. The molecule has 5 aromatic rings. The van der Waals surface area contributed by atoms with Gasteiger partial charge in [-0.3, -0.25) is 9.36 Å².